The maximum Gasteiger partial charge on any atom is 0.0850 e. The van der Waals surface area contributed by atoms with Crippen LogP contribution in [0.5, 0.6) is 0 Å². The molecule has 3 nitrogen and oxygen atoms in total. The third kappa shape index (κ3) is 3.25. The fourth-order valence-corrected chi connectivity index (χ4v) is 1.48. The van der Waals surface area contributed by atoms with Gasteiger partial charge in [-0.2, -0.15) is 0 Å². The molecular formula is C15H23N3. The molecule has 0 aromatic carbocycles. The van der Waals surface area contributed by atoms with Gasteiger partial charge >= 0.3 is 0 Å². The van der Waals surface area contributed by atoms with E-state index in [0.29, 0.717) is 22.8 Å². The maximum atomic E-state index is 8.14. The van der Waals surface area contributed by atoms with Crippen LogP contribution < -0.4 is 0 Å². The lowest BCUT2D eigenvalue weighted by Gasteiger charge is -2.22. The molecule has 2 N–H and O–H groups in total. The van der Waals surface area contributed by atoms with E-state index >= 15 is 0 Å². The van der Waals surface area contributed by atoms with Gasteiger partial charge < -0.3 is 10.8 Å². The monoisotopic (exact) mass is 245 g/mol. The predicted molar refractivity (Wildman–Crippen MR) is 76.8 cm³/mol. The van der Waals surface area contributed by atoms with E-state index in [9.17, 15) is 0 Å². The highest BCUT2D eigenvalue weighted by Gasteiger charge is 2.23. The van der Waals surface area contributed by atoms with E-state index in [1.54, 1.807) is 0 Å². The predicted octanol–water partition coefficient (Wildman–Crippen LogP) is 3.91. The van der Waals surface area contributed by atoms with Crippen LogP contribution in [0.4, 0.5) is 0 Å². The zero-order chi connectivity index (χ0) is 14.1. The lowest BCUT2D eigenvalue weighted by atomic mass is 9.86. The molecule has 1 rings (SSSR count). The standard InChI is InChI=1S/C15H23N3/c1-14(2,3)12(16)10-8-7-9-11(18-10)13(17)15(4,5)6/h7-9,16-17H,1-6H3. The van der Waals surface area contributed by atoms with Crippen molar-refractivity contribution in [3.8, 4) is 0 Å². The number of hydrogen-bond donors (Lipinski definition) is 2. The van der Waals surface area contributed by atoms with E-state index in [1.807, 2.05) is 59.7 Å². The molecular weight excluding hydrogens is 222 g/mol. The first-order chi connectivity index (χ1) is 8.03. The summed E-state index contributed by atoms with van der Waals surface area (Å²) in [6.07, 6.45) is 0. The van der Waals surface area contributed by atoms with E-state index in [0.717, 1.165) is 0 Å². The Labute approximate surface area is 110 Å². The largest absolute Gasteiger partial charge is 0.303 e. The second-order valence-electron chi connectivity index (χ2n) is 6.66. The van der Waals surface area contributed by atoms with Crippen molar-refractivity contribution in [1.82, 2.24) is 4.98 Å². The van der Waals surface area contributed by atoms with Crippen molar-refractivity contribution in [1.29, 1.82) is 10.8 Å². The molecule has 0 fully saturated rings. The third-order valence-corrected chi connectivity index (χ3v) is 2.76. The molecule has 1 aromatic heterocycles. The second kappa shape index (κ2) is 4.63. The highest BCUT2D eigenvalue weighted by molar-refractivity contribution is 6.03. The van der Waals surface area contributed by atoms with Crippen LogP contribution in [0.3, 0.4) is 0 Å². The van der Waals surface area contributed by atoms with Gasteiger partial charge in [-0.15, -0.1) is 0 Å². The van der Waals surface area contributed by atoms with E-state index in [1.165, 1.54) is 0 Å². The average Bonchev–Trinajstić information content (AvgIpc) is 2.24. The Morgan fingerprint density at radius 2 is 1.17 bits per heavy atom. The van der Waals surface area contributed by atoms with E-state index in [2.05, 4.69) is 4.98 Å². The minimum absolute atomic E-state index is 0.227. The molecule has 0 saturated heterocycles. The van der Waals surface area contributed by atoms with Crippen LogP contribution in [0, 0.1) is 21.6 Å². The maximum absolute atomic E-state index is 8.14. The van der Waals surface area contributed by atoms with Crippen LogP contribution in [0.2, 0.25) is 0 Å². The summed E-state index contributed by atoms with van der Waals surface area (Å²) in [5, 5.41) is 16.3. The van der Waals surface area contributed by atoms with Gasteiger partial charge in [-0.05, 0) is 12.1 Å². The summed E-state index contributed by atoms with van der Waals surface area (Å²) in [5.74, 6) is 0. The quantitative estimate of drug-likeness (QED) is 0.762. The number of pyridine rings is 1. The Morgan fingerprint density at radius 3 is 1.44 bits per heavy atom. The molecule has 98 valence electrons. The minimum Gasteiger partial charge on any atom is -0.303 e. The molecule has 3 heteroatoms. The molecule has 18 heavy (non-hydrogen) atoms. The van der Waals surface area contributed by atoms with Crippen molar-refractivity contribution in [2.75, 3.05) is 0 Å². The van der Waals surface area contributed by atoms with Gasteiger partial charge in [-0.25, -0.2) is 4.98 Å². The lowest BCUT2D eigenvalue weighted by Crippen LogP contribution is -2.25. The lowest BCUT2D eigenvalue weighted by molar-refractivity contribution is 0.583. The fourth-order valence-electron chi connectivity index (χ4n) is 1.48. The van der Waals surface area contributed by atoms with Gasteiger partial charge in [0, 0.05) is 10.8 Å². The summed E-state index contributed by atoms with van der Waals surface area (Å²) < 4.78 is 0. The van der Waals surface area contributed by atoms with Crippen LogP contribution in [-0.4, -0.2) is 16.4 Å². The number of rotatable bonds is 2. The topological polar surface area (TPSA) is 60.6 Å². The van der Waals surface area contributed by atoms with Crippen LogP contribution in [0.1, 0.15) is 52.9 Å². The molecule has 0 aliphatic heterocycles. The number of aromatic nitrogens is 1. The Balaban J connectivity index is 3.16. The molecule has 0 unspecified atom stereocenters. The second-order valence-corrected chi connectivity index (χ2v) is 6.66. The Bertz CT molecular complexity index is 432. The van der Waals surface area contributed by atoms with E-state index < -0.39 is 0 Å². The van der Waals surface area contributed by atoms with E-state index in [-0.39, 0.29) is 10.8 Å². The Kier molecular flexibility index (Phi) is 3.75. The summed E-state index contributed by atoms with van der Waals surface area (Å²) in [5.41, 5.74) is 1.88. The van der Waals surface area contributed by atoms with Crippen molar-refractivity contribution >= 4 is 11.4 Å². The normalized spacial score (nSPS) is 12.3. The first-order valence-corrected chi connectivity index (χ1v) is 6.19. The summed E-state index contributed by atoms with van der Waals surface area (Å²) in [7, 11) is 0. The van der Waals surface area contributed by atoms with Gasteiger partial charge in [0.05, 0.1) is 22.8 Å². The van der Waals surface area contributed by atoms with Crippen molar-refractivity contribution in [3.63, 3.8) is 0 Å². The summed E-state index contributed by atoms with van der Waals surface area (Å²) in [6, 6.07) is 5.55. The van der Waals surface area contributed by atoms with Crippen LogP contribution in [0.15, 0.2) is 18.2 Å². The molecule has 1 heterocycles. The van der Waals surface area contributed by atoms with Crippen molar-refractivity contribution in [3.05, 3.63) is 29.6 Å². The first-order valence-electron chi connectivity index (χ1n) is 6.19. The highest BCUT2D eigenvalue weighted by atomic mass is 14.8. The van der Waals surface area contributed by atoms with Gasteiger partial charge in [-0.3, -0.25) is 0 Å². The summed E-state index contributed by atoms with van der Waals surface area (Å²) in [4.78, 5) is 4.46. The average molecular weight is 245 g/mol. The summed E-state index contributed by atoms with van der Waals surface area (Å²) >= 11 is 0. The zero-order valence-corrected chi connectivity index (χ0v) is 12.2. The van der Waals surface area contributed by atoms with Gasteiger partial charge in [-0.1, -0.05) is 47.6 Å². The molecule has 0 radical (unpaired) electrons. The Morgan fingerprint density at radius 1 is 0.833 bits per heavy atom. The molecule has 0 bridgehead atoms. The Hall–Kier alpha value is -1.51. The summed E-state index contributed by atoms with van der Waals surface area (Å²) in [6.45, 7) is 12.0. The number of nitrogens with one attached hydrogen (secondary N) is 2. The van der Waals surface area contributed by atoms with Crippen LogP contribution in [0.25, 0.3) is 0 Å². The van der Waals surface area contributed by atoms with Gasteiger partial charge in [0.25, 0.3) is 0 Å². The van der Waals surface area contributed by atoms with Crippen LogP contribution in [-0.2, 0) is 0 Å². The number of nitrogens with zero attached hydrogens (tertiary/aromatic N) is 1. The molecule has 0 atom stereocenters. The van der Waals surface area contributed by atoms with Crippen molar-refractivity contribution in [2.24, 2.45) is 10.8 Å². The van der Waals surface area contributed by atoms with Gasteiger partial charge in [0.1, 0.15) is 0 Å². The first kappa shape index (κ1) is 14.6. The van der Waals surface area contributed by atoms with Crippen LogP contribution >= 0.6 is 0 Å². The highest BCUT2D eigenvalue weighted by Crippen LogP contribution is 2.22. The third-order valence-electron chi connectivity index (χ3n) is 2.76. The van der Waals surface area contributed by atoms with E-state index in [4.69, 9.17) is 10.8 Å². The van der Waals surface area contributed by atoms with Crippen molar-refractivity contribution < 1.29 is 0 Å². The zero-order valence-electron chi connectivity index (χ0n) is 12.2. The molecule has 0 aliphatic rings. The number of hydrogen-bond acceptors (Lipinski definition) is 3. The molecule has 0 aliphatic carbocycles. The minimum atomic E-state index is -0.227. The molecule has 0 amide bonds. The van der Waals surface area contributed by atoms with Gasteiger partial charge in [0.15, 0.2) is 0 Å². The SMILES string of the molecule is CC(C)(C)C(=N)c1cccc(C(=N)C(C)(C)C)n1. The van der Waals surface area contributed by atoms with Gasteiger partial charge in [0.2, 0.25) is 0 Å². The smallest absolute Gasteiger partial charge is 0.0850 e. The fraction of sp³-hybridized carbons (Fsp3) is 0.533. The van der Waals surface area contributed by atoms with Crippen molar-refractivity contribution in [2.45, 2.75) is 41.5 Å². The molecule has 1 aromatic rings. The molecule has 0 saturated carbocycles. The molecule has 0 spiro atoms.